The quantitative estimate of drug-likeness (QED) is 0.580. The summed E-state index contributed by atoms with van der Waals surface area (Å²) in [6.07, 6.45) is 2.23. The lowest BCUT2D eigenvalue weighted by Crippen LogP contribution is -2.59. The lowest BCUT2D eigenvalue weighted by atomic mass is 9.90. The minimum atomic E-state index is -1.36. The SMILES string of the molecule is Cc1ccc(Cl)c(OC[C@@]2(O)CN(Cc3ccc(OCCN4CCCC4)cc3)CC[C@@H]2O)c1. The molecule has 0 amide bonds. The number of aryl methyl sites for hydroxylation is 1. The highest BCUT2D eigenvalue weighted by Crippen LogP contribution is 2.29. The van der Waals surface area contributed by atoms with Crippen molar-refractivity contribution >= 4 is 11.6 Å². The van der Waals surface area contributed by atoms with Crippen LogP contribution in [0.4, 0.5) is 0 Å². The molecular weight excluding hydrogens is 440 g/mol. The van der Waals surface area contributed by atoms with Gasteiger partial charge in [0.15, 0.2) is 0 Å². The van der Waals surface area contributed by atoms with E-state index in [9.17, 15) is 10.2 Å². The Morgan fingerprint density at radius 3 is 2.55 bits per heavy atom. The molecule has 2 heterocycles. The number of likely N-dealkylation sites (tertiary alicyclic amines) is 2. The van der Waals surface area contributed by atoms with Crippen molar-refractivity contribution in [1.29, 1.82) is 0 Å². The highest BCUT2D eigenvalue weighted by Gasteiger charge is 2.42. The number of rotatable bonds is 9. The number of nitrogens with zero attached hydrogens (tertiary/aromatic N) is 2. The third kappa shape index (κ3) is 6.61. The number of hydrogen-bond acceptors (Lipinski definition) is 6. The molecule has 2 fully saturated rings. The average molecular weight is 475 g/mol. The fourth-order valence-electron chi connectivity index (χ4n) is 4.59. The van der Waals surface area contributed by atoms with E-state index >= 15 is 0 Å². The Labute approximate surface area is 201 Å². The van der Waals surface area contributed by atoms with Crippen LogP contribution in [0.3, 0.4) is 0 Å². The number of ether oxygens (including phenoxy) is 2. The van der Waals surface area contributed by atoms with Gasteiger partial charge in [-0.1, -0.05) is 29.8 Å². The van der Waals surface area contributed by atoms with Gasteiger partial charge in [-0.15, -0.1) is 0 Å². The molecule has 2 atom stereocenters. The summed E-state index contributed by atoms with van der Waals surface area (Å²) in [5.74, 6) is 1.40. The van der Waals surface area contributed by atoms with Crippen LogP contribution in [0.2, 0.25) is 5.02 Å². The van der Waals surface area contributed by atoms with Crippen LogP contribution in [0.1, 0.15) is 30.4 Å². The molecule has 2 aliphatic heterocycles. The Balaban J connectivity index is 1.28. The molecule has 2 saturated heterocycles. The molecule has 4 rings (SSSR count). The van der Waals surface area contributed by atoms with Gasteiger partial charge in [0.1, 0.15) is 30.3 Å². The first-order chi connectivity index (χ1) is 15.9. The van der Waals surface area contributed by atoms with Crippen molar-refractivity contribution in [2.45, 2.75) is 44.4 Å². The molecule has 7 heteroatoms. The molecule has 0 unspecified atom stereocenters. The van der Waals surface area contributed by atoms with E-state index in [-0.39, 0.29) is 6.61 Å². The highest BCUT2D eigenvalue weighted by molar-refractivity contribution is 6.32. The van der Waals surface area contributed by atoms with Gasteiger partial charge in [0.05, 0.1) is 11.1 Å². The van der Waals surface area contributed by atoms with Gasteiger partial charge in [-0.05, 0) is 74.7 Å². The largest absolute Gasteiger partial charge is 0.492 e. The van der Waals surface area contributed by atoms with Crippen LogP contribution in [-0.2, 0) is 6.54 Å². The molecule has 33 heavy (non-hydrogen) atoms. The molecule has 0 spiro atoms. The molecule has 2 aromatic rings. The lowest BCUT2D eigenvalue weighted by Gasteiger charge is -2.42. The predicted molar refractivity (Wildman–Crippen MR) is 130 cm³/mol. The number of halogens is 1. The zero-order chi connectivity index (χ0) is 23.3. The molecule has 6 nitrogen and oxygen atoms in total. The van der Waals surface area contributed by atoms with Gasteiger partial charge in [-0.2, -0.15) is 0 Å². The summed E-state index contributed by atoms with van der Waals surface area (Å²) in [5.41, 5.74) is 0.809. The standard InChI is InChI=1S/C26H35ClN2O4/c1-20-4-9-23(27)24(16-20)33-19-26(31)18-29(13-10-25(26)30)17-21-5-7-22(8-6-21)32-15-14-28-11-2-3-12-28/h4-9,16,25,30-31H,2-3,10-15,17-19H2,1H3/t25-,26-/m0/s1. The van der Waals surface area contributed by atoms with E-state index in [1.54, 1.807) is 6.07 Å². The average Bonchev–Trinajstić information content (AvgIpc) is 3.32. The van der Waals surface area contributed by atoms with Crippen molar-refractivity contribution in [2.24, 2.45) is 0 Å². The van der Waals surface area contributed by atoms with E-state index in [1.165, 1.54) is 25.9 Å². The van der Waals surface area contributed by atoms with Crippen LogP contribution in [0.25, 0.3) is 0 Å². The van der Waals surface area contributed by atoms with Crippen molar-refractivity contribution in [1.82, 2.24) is 9.80 Å². The summed E-state index contributed by atoms with van der Waals surface area (Å²) in [4.78, 5) is 4.59. The Bertz CT molecular complexity index is 904. The van der Waals surface area contributed by atoms with Crippen molar-refractivity contribution in [3.63, 3.8) is 0 Å². The summed E-state index contributed by atoms with van der Waals surface area (Å²) in [6.45, 7) is 7.72. The Morgan fingerprint density at radius 2 is 1.79 bits per heavy atom. The van der Waals surface area contributed by atoms with Crippen molar-refractivity contribution in [3.8, 4) is 11.5 Å². The van der Waals surface area contributed by atoms with Gasteiger partial charge < -0.3 is 19.7 Å². The third-order valence-corrected chi connectivity index (χ3v) is 6.92. The first-order valence-corrected chi connectivity index (χ1v) is 12.2. The van der Waals surface area contributed by atoms with Gasteiger partial charge in [-0.3, -0.25) is 9.80 Å². The normalized spacial score (nSPS) is 24.2. The fraction of sp³-hybridized carbons (Fsp3) is 0.538. The first kappa shape index (κ1) is 24.3. The zero-order valence-electron chi connectivity index (χ0n) is 19.4. The number of aliphatic hydroxyl groups is 2. The van der Waals surface area contributed by atoms with Crippen molar-refractivity contribution in [2.75, 3.05) is 45.9 Å². The number of aliphatic hydroxyl groups excluding tert-OH is 1. The second kappa shape index (κ2) is 11.1. The van der Waals surface area contributed by atoms with Gasteiger partial charge in [0.2, 0.25) is 0 Å². The summed E-state index contributed by atoms with van der Waals surface area (Å²) >= 11 is 6.22. The van der Waals surface area contributed by atoms with E-state index in [2.05, 4.69) is 21.9 Å². The van der Waals surface area contributed by atoms with Crippen LogP contribution in [0, 0.1) is 6.92 Å². The Kier molecular flexibility index (Phi) is 8.15. The van der Waals surface area contributed by atoms with Gasteiger partial charge >= 0.3 is 0 Å². The molecule has 0 aromatic heterocycles. The van der Waals surface area contributed by atoms with Crippen LogP contribution in [0.5, 0.6) is 11.5 Å². The second-order valence-electron chi connectivity index (χ2n) is 9.38. The smallest absolute Gasteiger partial charge is 0.138 e. The van der Waals surface area contributed by atoms with E-state index < -0.39 is 11.7 Å². The topological polar surface area (TPSA) is 65.4 Å². The van der Waals surface area contributed by atoms with Crippen LogP contribution >= 0.6 is 11.6 Å². The predicted octanol–water partition coefficient (Wildman–Crippen LogP) is 3.50. The number of piperidine rings is 1. The van der Waals surface area contributed by atoms with Gasteiger partial charge in [0, 0.05) is 26.2 Å². The van der Waals surface area contributed by atoms with Crippen molar-refractivity contribution in [3.05, 3.63) is 58.6 Å². The fourth-order valence-corrected chi connectivity index (χ4v) is 4.77. The summed E-state index contributed by atoms with van der Waals surface area (Å²) in [6, 6.07) is 13.7. The molecule has 0 radical (unpaired) electrons. The maximum atomic E-state index is 11.2. The first-order valence-electron chi connectivity index (χ1n) is 11.9. The molecule has 0 aliphatic carbocycles. The summed E-state index contributed by atoms with van der Waals surface area (Å²) in [5, 5.41) is 22.2. The molecular formula is C26H35ClN2O4. The zero-order valence-corrected chi connectivity index (χ0v) is 20.1. The van der Waals surface area contributed by atoms with E-state index in [1.807, 2.05) is 31.2 Å². The molecule has 2 N–H and O–H groups in total. The van der Waals surface area contributed by atoms with Gasteiger partial charge in [-0.25, -0.2) is 0 Å². The minimum absolute atomic E-state index is 0.0162. The summed E-state index contributed by atoms with van der Waals surface area (Å²) < 4.78 is 11.7. The maximum Gasteiger partial charge on any atom is 0.138 e. The maximum absolute atomic E-state index is 11.2. The van der Waals surface area contributed by atoms with Crippen LogP contribution in [-0.4, -0.2) is 77.7 Å². The van der Waals surface area contributed by atoms with Gasteiger partial charge in [0.25, 0.3) is 0 Å². The molecule has 2 aromatic carbocycles. The Hall–Kier alpha value is -1.83. The van der Waals surface area contributed by atoms with Crippen LogP contribution < -0.4 is 9.47 Å². The van der Waals surface area contributed by atoms with E-state index in [0.29, 0.717) is 43.4 Å². The molecule has 2 aliphatic rings. The summed E-state index contributed by atoms with van der Waals surface area (Å²) in [7, 11) is 0. The van der Waals surface area contributed by atoms with Crippen LogP contribution in [0.15, 0.2) is 42.5 Å². The number of β-amino-alcohol motifs (C(OH)–C–C–N with tert-alkyl or cyclic N) is 1. The minimum Gasteiger partial charge on any atom is -0.492 e. The molecule has 180 valence electrons. The lowest BCUT2D eigenvalue weighted by molar-refractivity contribution is -0.140. The molecule has 0 bridgehead atoms. The monoisotopic (exact) mass is 474 g/mol. The number of benzene rings is 2. The second-order valence-corrected chi connectivity index (χ2v) is 9.79. The number of hydrogen-bond donors (Lipinski definition) is 2. The third-order valence-electron chi connectivity index (χ3n) is 6.61. The Morgan fingerprint density at radius 1 is 1.03 bits per heavy atom. The van der Waals surface area contributed by atoms with E-state index in [4.69, 9.17) is 21.1 Å². The van der Waals surface area contributed by atoms with Crippen molar-refractivity contribution < 1.29 is 19.7 Å². The highest BCUT2D eigenvalue weighted by atomic mass is 35.5. The molecule has 0 saturated carbocycles. The van der Waals surface area contributed by atoms with E-state index in [0.717, 1.165) is 23.4 Å².